The fourth-order valence-corrected chi connectivity index (χ4v) is 2.44. The Balaban J connectivity index is 1.52. The Bertz CT molecular complexity index is 983. The summed E-state index contributed by atoms with van der Waals surface area (Å²) in [6, 6.07) is 22.3. The number of nitrogens with one attached hydrogen (secondary N) is 1. The molecule has 6 heteroatoms. The van der Waals surface area contributed by atoms with Gasteiger partial charge in [0.1, 0.15) is 11.5 Å². The smallest absolute Gasteiger partial charge is 0.315 e. The molecule has 0 saturated carbocycles. The number of hydrogen-bond acceptors (Lipinski definition) is 5. The number of carbonyl (C=O) groups excluding carboxylic acids is 2. The summed E-state index contributed by atoms with van der Waals surface area (Å²) in [7, 11) is 0. The van der Waals surface area contributed by atoms with E-state index in [9.17, 15) is 14.7 Å². The van der Waals surface area contributed by atoms with Crippen LogP contribution >= 0.6 is 0 Å². The number of benzene rings is 3. The molecular weight excluding hydrogens is 356 g/mol. The van der Waals surface area contributed by atoms with Crippen LogP contribution in [0.4, 0.5) is 0 Å². The van der Waals surface area contributed by atoms with Crippen molar-refractivity contribution in [3.63, 3.8) is 0 Å². The molecule has 0 saturated heterocycles. The van der Waals surface area contributed by atoms with Gasteiger partial charge < -0.3 is 9.84 Å². The molecule has 3 aromatic carbocycles. The Kier molecular flexibility index (Phi) is 6.15. The predicted octanol–water partition coefficient (Wildman–Crippen LogP) is 3.30. The van der Waals surface area contributed by atoms with Crippen LogP contribution in [0.2, 0.25) is 0 Å². The molecule has 0 atom stereocenters. The third-order valence-corrected chi connectivity index (χ3v) is 3.83. The van der Waals surface area contributed by atoms with E-state index in [0.29, 0.717) is 11.3 Å². The maximum absolute atomic E-state index is 12.0. The van der Waals surface area contributed by atoms with E-state index in [1.807, 2.05) is 30.3 Å². The predicted molar refractivity (Wildman–Crippen MR) is 105 cm³/mol. The van der Waals surface area contributed by atoms with Crippen LogP contribution < -0.4 is 10.2 Å². The highest BCUT2D eigenvalue weighted by molar-refractivity contribution is 5.97. The van der Waals surface area contributed by atoms with E-state index >= 15 is 0 Å². The standard InChI is InChI=1S/C22H18N2O4/c25-20-9-5-4-8-19(20)22(27)24-23-15-17-10-12-18(13-11-17)28-21(26)14-16-6-2-1-3-7-16/h1-13,15,25H,14H2,(H,24,27)/b23-15-. The summed E-state index contributed by atoms with van der Waals surface area (Å²) in [4.78, 5) is 23.9. The van der Waals surface area contributed by atoms with Crippen molar-refractivity contribution in [2.75, 3.05) is 0 Å². The molecule has 0 aliphatic heterocycles. The van der Waals surface area contributed by atoms with Crippen LogP contribution in [0.3, 0.4) is 0 Å². The van der Waals surface area contributed by atoms with Gasteiger partial charge >= 0.3 is 5.97 Å². The van der Waals surface area contributed by atoms with E-state index in [2.05, 4.69) is 10.5 Å². The van der Waals surface area contributed by atoms with Crippen molar-refractivity contribution >= 4 is 18.1 Å². The maximum Gasteiger partial charge on any atom is 0.315 e. The topological polar surface area (TPSA) is 88.0 Å². The summed E-state index contributed by atoms with van der Waals surface area (Å²) in [6.45, 7) is 0. The van der Waals surface area contributed by atoms with Gasteiger partial charge in [0.2, 0.25) is 0 Å². The van der Waals surface area contributed by atoms with Crippen molar-refractivity contribution < 1.29 is 19.4 Å². The largest absolute Gasteiger partial charge is 0.507 e. The molecule has 3 aromatic rings. The minimum Gasteiger partial charge on any atom is -0.507 e. The van der Waals surface area contributed by atoms with Gasteiger partial charge in [0.15, 0.2) is 0 Å². The zero-order valence-electron chi connectivity index (χ0n) is 14.9. The summed E-state index contributed by atoms with van der Waals surface area (Å²) < 4.78 is 5.31. The zero-order valence-corrected chi connectivity index (χ0v) is 14.9. The van der Waals surface area contributed by atoms with Gasteiger partial charge in [0, 0.05) is 0 Å². The van der Waals surface area contributed by atoms with E-state index in [1.165, 1.54) is 18.3 Å². The second-order valence-corrected chi connectivity index (χ2v) is 5.92. The fraction of sp³-hybridized carbons (Fsp3) is 0.0455. The number of phenolic OH excluding ortho intramolecular Hbond substituents is 1. The first-order chi connectivity index (χ1) is 13.6. The Morgan fingerprint density at radius 1 is 0.929 bits per heavy atom. The lowest BCUT2D eigenvalue weighted by Gasteiger charge is -2.05. The normalized spacial score (nSPS) is 10.6. The van der Waals surface area contributed by atoms with Crippen molar-refractivity contribution in [2.45, 2.75) is 6.42 Å². The molecule has 0 radical (unpaired) electrons. The summed E-state index contributed by atoms with van der Waals surface area (Å²) in [5, 5.41) is 13.5. The molecule has 0 aromatic heterocycles. The van der Waals surface area contributed by atoms with E-state index < -0.39 is 5.91 Å². The number of carbonyl (C=O) groups is 2. The number of aromatic hydroxyl groups is 1. The molecule has 0 bridgehead atoms. The molecule has 6 nitrogen and oxygen atoms in total. The van der Waals surface area contributed by atoms with Crippen LogP contribution in [0.25, 0.3) is 0 Å². The van der Waals surface area contributed by atoms with Gasteiger partial charge in [-0.25, -0.2) is 5.43 Å². The number of ether oxygens (including phenoxy) is 1. The molecular formula is C22H18N2O4. The van der Waals surface area contributed by atoms with E-state index in [0.717, 1.165) is 5.56 Å². The average Bonchev–Trinajstić information content (AvgIpc) is 2.70. The first-order valence-electron chi connectivity index (χ1n) is 8.58. The van der Waals surface area contributed by atoms with Crippen molar-refractivity contribution in [3.8, 4) is 11.5 Å². The maximum atomic E-state index is 12.0. The van der Waals surface area contributed by atoms with Crippen LogP contribution in [-0.4, -0.2) is 23.2 Å². The Morgan fingerprint density at radius 2 is 1.61 bits per heavy atom. The van der Waals surface area contributed by atoms with Crippen molar-refractivity contribution in [2.24, 2.45) is 5.10 Å². The van der Waals surface area contributed by atoms with Crippen molar-refractivity contribution in [1.29, 1.82) is 0 Å². The van der Waals surface area contributed by atoms with E-state index in [1.54, 1.807) is 36.4 Å². The summed E-state index contributed by atoms with van der Waals surface area (Å²) in [5.41, 5.74) is 4.08. The molecule has 2 N–H and O–H groups in total. The lowest BCUT2D eigenvalue weighted by atomic mass is 10.1. The quantitative estimate of drug-likeness (QED) is 0.300. The average molecular weight is 374 g/mol. The number of nitrogens with zero attached hydrogens (tertiary/aromatic N) is 1. The highest BCUT2D eigenvalue weighted by atomic mass is 16.5. The summed E-state index contributed by atoms with van der Waals surface area (Å²) >= 11 is 0. The van der Waals surface area contributed by atoms with Gasteiger partial charge in [-0.2, -0.15) is 5.10 Å². The number of para-hydroxylation sites is 1. The molecule has 0 spiro atoms. The van der Waals surface area contributed by atoms with Crippen molar-refractivity contribution in [3.05, 3.63) is 95.6 Å². The minimum absolute atomic E-state index is 0.114. The van der Waals surface area contributed by atoms with Crippen molar-refractivity contribution in [1.82, 2.24) is 5.43 Å². The summed E-state index contributed by atoms with van der Waals surface area (Å²) in [6.07, 6.45) is 1.65. The van der Waals surface area contributed by atoms with Gasteiger partial charge in [0.25, 0.3) is 5.91 Å². The Morgan fingerprint density at radius 3 is 2.32 bits per heavy atom. The van der Waals surface area contributed by atoms with Crippen LogP contribution in [0, 0.1) is 0 Å². The molecule has 0 aliphatic carbocycles. The highest BCUT2D eigenvalue weighted by Gasteiger charge is 2.09. The van der Waals surface area contributed by atoms with Crippen LogP contribution in [0.15, 0.2) is 84.0 Å². The third kappa shape index (κ3) is 5.28. The monoisotopic (exact) mass is 374 g/mol. The first kappa shape index (κ1) is 18.8. The van der Waals surface area contributed by atoms with Crippen LogP contribution in [0.1, 0.15) is 21.5 Å². The lowest BCUT2D eigenvalue weighted by Crippen LogP contribution is -2.17. The minimum atomic E-state index is -0.513. The van der Waals surface area contributed by atoms with Gasteiger partial charge in [-0.1, -0.05) is 42.5 Å². The van der Waals surface area contributed by atoms with Gasteiger partial charge in [0.05, 0.1) is 18.2 Å². The highest BCUT2D eigenvalue weighted by Crippen LogP contribution is 2.15. The fourth-order valence-electron chi connectivity index (χ4n) is 2.44. The summed E-state index contributed by atoms with van der Waals surface area (Å²) in [5.74, 6) is -0.545. The van der Waals surface area contributed by atoms with Gasteiger partial charge in [-0.05, 0) is 47.5 Å². The second-order valence-electron chi connectivity index (χ2n) is 5.92. The van der Waals surface area contributed by atoms with E-state index in [-0.39, 0.29) is 23.7 Å². The molecule has 140 valence electrons. The first-order valence-corrected chi connectivity index (χ1v) is 8.58. The SMILES string of the molecule is O=C(Cc1ccccc1)Oc1ccc(/C=N\NC(=O)c2ccccc2O)cc1. The third-order valence-electron chi connectivity index (χ3n) is 3.83. The Hall–Kier alpha value is -3.93. The second kappa shape index (κ2) is 9.14. The molecule has 1 amide bonds. The molecule has 3 rings (SSSR count). The van der Waals surface area contributed by atoms with Gasteiger partial charge in [-0.3, -0.25) is 9.59 Å². The molecule has 0 fully saturated rings. The molecule has 0 heterocycles. The van der Waals surface area contributed by atoms with E-state index in [4.69, 9.17) is 4.74 Å². The van der Waals surface area contributed by atoms with Crippen LogP contribution in [-0.2, 0) is 11.2 Å². The van der Waals surface area contributed by atoms with Gasteiger partial charge in [-0.15, -0.1) is 0 Å². The zero-order chi connectivity index (χ0) is 19.8. The number of phenols is 1. The molecule has 0 unspecified atom stereocenters. The number of hydrazone groups is 1. The number of rotatable bonds is 6. The lowest BCUT2D eigenvalue weighted by molar-refractivity contribution is -0.133. The number of hydrogen-bond donors (Lipinski definition) is 2. The van der Waals surface area contributed by atoms with Crippen LogP contribution in [0.5, 0.6) is 11.5 Å². The molecule has 0 aliphatic rings. The number of amides is 1. The molecule has 28 heavy (non-hydrogen) atoms. The Labute approximate surface area is 162 Å². The number of esters is 1.